The number of aromatic nitrogens is 2. The van der Waals surface area contributed by atoms with Gasteiger partial charge < -0.3 is 24.8 Å². The molecule has 0 radical (unpaired) electrons. The molecule has 4 heterocycles. The van der Waals surface area contributed by atoms with Crippen LogP contribution in [0.3, 0.4) is 0 Å². The number of carbonyl (C=O) groups is 1. The fraction of sp³-hybridized carbons (Fsp3) is 0.404. The van der Waals surface area contributed by atoms with Gasteiger partial charge in [-0.1, -0.05) is 31.6 Å². The lowest BCUT2D eigenvalue weighted by Crippen LogP contribution is -2.47. The molecular formula is C47H53F3N8O6S. The van der Waals surface area contributed by atoms with Gasteiger partial charge in [-0.15, -0.1) is 0 Å². The number of allylic oxidation sites excluding steroid dienone is 1. The number of fused-ring (bicyclic) bond motifs is 1. The molecule has 18 heteroatoms. The van der Waals surface area contributed by atoms with Gasteiger partial charge in [-0.25, -0.2) is 18.1 Å². The van der Waals surface area contributed by atoms with Crippen molar-refractivity contribution in [1.82, 2.24) is 24.5 Å². The third-order valence-corrected chi connectivity index (χ3v) is 14.2. The van der Waals surface area contributed by atoms with E-state index in [-0.39, 0.29) is 22.4 Å². The highest BCUT2D eigenvalue weighted by Gasteiger charge is 2.33. The van der Waals surface area contributed by atoms with Crippen molar-refractivity contribution in [3.8, 4) is 11.5 Å². The Hall–Kier alpha value is -5.98. The maximum atomic E-state index is 13.9. The Morgan fingerprint density at radius 3 is 2.49 bits per heavy atom. The lowest BCUT2D eigenvalue weighted by atomic mass is 9.72. The summed E-state index contributed by atoms with van der Waals surface area (Å²) in [7, 11) is -2.54. The number of carbonyl (C=O) groups excluding carboxylic acids is 1. The van der Waals surface area contributed by atoms with Gasteiger partial charge in [0.2, 0.25) is 0 Å². The van der Waals surface area contributed by atoms with Gasteiger partial charge in [-0.3, -0.25) is 19.8 Å². The van der Waals surface area contributed by atoms with Crippen molar-refractivity contribution in [2.75, 3.05) is 63.1 Å². The zero-order valence-corrected chi connectivity index (χ0v) is 37.4. The fourth-order valence-electron chi connectivity index (χ4n) is 9.12. The average Bonchev–Trinajstić information content (AvgIpc) is 3.92. The van der Waals surface area contributed by atoms with Gasteiger partial charge in [0.05, 0.1) is 27.1 Å². The number of piperazine rings is 1. The summed E-state index contributed by atoms with van der Waals surface area (Å²) in [5, 5.41) is 15.9. The van der Waals surface area contributed by atoms with E-state index in [9.17, 15) is 36.5 Å². The number of halogens is 3. The van der Waals surface area contributed by atoms with Crippen molar-refractivity contribution in [1.29, 1.82) is 0 Å². The number of anilines is 2. The number of nitrogens with zero attached hydrogens (tertiary/aromatic N) is 5. The number of ether oxygens (including phenoxy) is 1. The number of H-pyrrole nitrogens is 1. The van der Waals surface area contributed by atoms with Gasteiger partial charge in [0.15, 0.2) is 0 Å². The molecule has 1 aliphatic carbocycles. The molecule has 0 saturated carbocycles. The van der Waals surface area contributed by atoms with Crippen molar-refractivity contribution in [2.24, 2.45) is 5.41 Å². The van der Waals surface area contributed by atoms with Gasteiger partial charge in [0, 0.05) is 74.7 Å². The van der Waals surface area contributed by atoms with E-state index in [1.54, 1.807) is 36.5 Å². The molecule has 1 amide bonds. The van der Waals surface area contributed by atoms with Gasteiger partial charge in [-0.2, -0.15) is 13.2 Å². The van der Waals surface area contributed by atoms with Gasteiger partial charge in [0.1, 0.15) is 22.8 Å². The van der Waals surface area contributed by atoms with Crippen LogP contribution in [-0.4, -0.2) is 97.9 Å². The van der Waals surface area contributed by atoms with Crippen molar-refractivity contribution in [3.05, 3.63) is 118 Å². The summed E-state index contributed by atoms with van der Waals surface area (Å²) in [6.07, 6.45) is 4.33. The molecule has 65 heavy (non-hydrogen) atoms. The molecule has 2 aromatic heterocycles. The summed E-state index contributed by atoms with van der Waals surface area (Å²) >= 11 is 0. The number of hydrogen-bond donors (Lipinski definition) is 3. The van der Waals surface area contributed by atoms with Crippen molar-refractivity contribution < 1.29 is 36.0 Å². The number of amides is 1. The fourth-order valence-corrected chi connectivity index (χ4v) is 10.1. The summed E-state index contributed by atoms with van der Waals surface area (Å²) < 4.78 is 75.9. The number of aromatic amines is 1. The van der Waals surface area contributed by atoms with Crippen LogP contribution in [0.15, 0.2) is 95.7 Å². The third kappa shape index (κ3) is 10.6. The van der Waals surface area contributed by atoms with Crippen LogP contribution >= 0.6 is 0 Å². The zero-order valence-electron chi connectivity index (χ0n) is 36.6. The van der Waals surface area contributed by atoms with E-state index in [4.69, 9.17) is 4.74 Å². The number of likely N-dealkylation sites (tertiary alicyclic amines) is 1. The number of pyridine rings is 1. The first-order chi connectivity index (χ1) is 30.9. The highest BCUT2D eigenvalue weighted by molar-refractivity contribution is 7.90. The Morgan fingerprint density at radius 1 is 1.02 bits per heavy atom. The van der Waals surface area contributed by atoms with Gasteiger partial charge >= 0.3 is 6.18 Å². The van der Waals surface area contributed by atoms with Crippen molar-refractivity contribution >= 4 is 49.6 Å². The molecular weight excluding hydrogens is 862 g/mol. The summed E-state index contributed by atoms with van der Waals surface area (Å²) in [4.78, 5) is 39.1. The highest BCUT2D eigenvalue weighted by atomic mass is 32.2. The van der Waals surface area contributed by atoms with Crippen LogP contribution < -0.4 is 19.7 Å². The SMILES string of the molecule is CN1CCCC1CCNc1ccc(S(=O)(=O)NC(=O)c2ccc(N3CCN(CC4=C(c5ccc(C(F)(F)F)cc5)CC(C)(C)CC4)CC3)cc2Oc2cnc3[nH]ccc3c2)cc1[N+](=O)[O-]. The predicted octanol–water partition coefficient (Wildman–Crippen LogP) is 9.08. The van der Waals surface area contributed by atoms with Crippen LogP contribution in [0.25, 0.3) is 16.6 Å². The van der Waals surface area contributed by atoms with E-state index in [1.807, 2.05) is 13.1 Å². The lowest BCUT2D eigenvalue weighted by Gasteiger charge is -2.39. The molecule has 2 fully saturated rings. The summed E-state index contributed by atoms with van der Waals surface area (Å²) in [6.45, 7) is 9.15. The number of nitrogens with one attached hydrogen (secondary N) is 3. The summed E-state index contributed by atoms with van der Waals surface area (Å²) in [6, 6.07) is 17.8. The molecule has 5 aromatic rings. The van der Waals surface area contributed by atoms with Crippen LogP contribution in [0.5, 0.6) is 11.5 Å². The third-order valence-electron chi connectivity index (χ3n) is 12.9. The van der Waals surface area contributed by atoms with E-state index in [2.05, 4.69) is 48.6 Å². The maximum Gasteiger partial charge on any atom is 0.416 e. The molecule has 14 nitrogen and oxygen atoms in total. The molecule has 3 aromatic carbocycles. The van der Waals surface area contributed by atoms with Gasteiger partial charge in [0.25, 0.3) is 21.6 Å². The number of rotatable bonds is 14. The minimum absolute atomic E-state index is 0.0202. The van der Waals surface area contributed by atoms with Crippen LogP contribution in [0.1, 0.15) is 73.9 Å². The first-order valence-electron chi connectivity index (χ1n) is 21.8. The molecule has 344 valence electrons. The minimum Gasteiger partial charge on any atom is -0.455 e. The summed E-state index contributed by atoms with van der Waals surface area (Å²) in [5.74, 6) is -0.615. The number of benzene rings is 3. The molecule has 3 aliphatic rings. The minimum atomic E-state index is -4.59. The second-order valence-corrected chi connectivity index (χ2v) is 19.7. The van der Waals surface area contributed by atoms with E-state index < -0.39 is 43.2 Å². The topological polar surface area (TPSA) is 166 Å². The monoisotopic (exact) mass is 914 g/mol. The molecule has 8 rings (SSSR count). The number of alkyl halides is 3. The Morgan fingerprint density at radius 2 is 1.78 bits per heavy atom. The highest BCUT2D eigenvalue weighted by Crippen LogP contribution is 2.44. The van der Waals surface area contributed by atoms with Gasteiger partial charge in [-0.05, 0) is 117 Å². The quantitative estimate of drug-likeness (QED) is 0.0719. The number of nitro benzene ring substituents is 1. The second-order valence-electron chi connectivity index (χ2n) is 18.0. The standard InChI is InChI=1S/C47H53F3N8O6S/c1-46(2)17-14-33(40(28-46)31-6-8-34(9-7-31)47(48,49)50)30-56-21-23-57(24-22-56)36-10-12-39(43(26-36)64-37-25-32-15-18-52-44(32)53-29-37)45(59)54-65(62,63)38-11-13-41(42(27-38)58(60)61)51-19-16-35-5-4-20-55(35)3/h6-13,15,18,25-27,29,35,51H,4-5,14,16-17,19-24,28,30H2,1-3H3,(H,52,53)(H,54,59). The number of sulfonamides is 1. The van der Waals surface area contributed by atoms with Crippen LogP contribution in [-0.2, 0) is 16.2 Å². The summed E-state index contributed by atoms with van der Waals surface area (Å²) in [5.41, 5.74) is 3.54. The average molecular weight is 915 g/mol. The van der Waals surface area contributed by atoms with Crippen LogP contribution in [0, 0.1) is 15.5 Å². The Bertz CT molecular complexity index is 2710. The molecule has 2 aliphatic heterocycles. The number of hydrogen-bond acceptors (Lipinski definition) is 11. The largest absolute Gasteiger partial charge is 0.455 e. The molecule has 1 atom stereocenters. The molecule has 0 spiro atoms. The Balaban J connectivity index is 0.992. The van der Waals surface area contributed by atoms with E-state index in [1.165, 1.54) is 30.0 Å². The second kappa shape index (κ2) is 18.5. The molecule has 1 unspecified atom stereocenters. The van der Waals surface area contributed by atoms with E-state index in [0.717, 1.165) is 85.5 Å². The van der Waals surface area contributed by atoms with Crippen molar-refractivity contribution in [2.45, 2.75) is 69.5 Å². The Labute approximate surface area is 376 Å². The Kier molecular flexibility index (Phi) is 13.0. The lowest BCUT2D eigenvalue weighted by molar-refractivity contribution is -0.384. The van der Waals surface area contributed by atoms with E-state index in [0.29, 0.717) is 56.7 Å². The van der Waals surface area contributed by atoms with E-state index >= 15 is 0 Å². The molecule has 3 N–H and O–H groups in total. The normalized spacial score (nSPS) is 18.6. The van der Waals surface area contributed by atoms with Crippen molar-refractivity contribution in [3.63, 3.8) is 0 Å². The number of nitro groups is 1. The predicted molar refractivity (Wildman–Crippen MR) is 244 cm³/mol. The first-order valence-corrected chi connectivity index (χ1v) is 23.3. The molecule has 2 saturated heterocycles. The molecule has 0 bridgehead atoms. The smallest absolute Gasteiger partial charge is 0.416 e. The first kappa shape index (κ1) is 45.6. The maximum absolute atomic E-state index is 13.9. The zero-order chi connectivity index (χ0) is 46.1. The van der Waals surface area contributed by atoms with Crippen LogP contribution in [0.4, 0.5) is 30.2 Å². The van der Waals surface area contributed by atoms with Crippen LogP contribution in [0.2, 0.25) is 0 Å².